The van der Waals surface area contributed by atoms with Crippen LogP contribution in [0.4, 0.5) is 4.79 Å². The molecule has 1 aliphatic heterocycles. The first kappa shape index (κ1) is 16.7. The lowest BCUT2D eigenvalue weighted by Gasteiger charge is -2.49. The van der Waals surface area contributed by atoms with Gasteiger partial charge in [0.05, 0.1) is 0 Å². The number of benzene rings is 1. The molecule has 1 fully saturated rings. The summed E-state index contributed by atoms with van der Waals surface area (Å²) in [5.41, 5.74) is 1.60. The fourth-order valence-corrected chi connectivity index (χ4v) is 4.04. The van der Waals surface area contributed by atoms with Crippen molar-refractivity contribution >= 4 is 11.9 Å². The lowest BCUT2D eigenvalue weighted by molar-refractivity contribution is -0.129. The quantitative estimate of drug-likeness (QED) is 0.772. The molecule has 1 saturated carbocycles. The van der Waals surface area contributed by atoms with Crippen LogP contribution in [0.1, 0.15) is 39.2 Å². The van der Waals surface area contributed by atoms with Gasteiger partial charge in [0.1, 0.15) is 12.4 Å². The second-order valence-electron chi connectivity index (χ2n) is 7.65. The number of ether oxygens (including phenoxy) is 1. The van der Waals surface area contributed by atoms with Gasteiger partial charge >= 0.3 is 6.09 Å². The Labute approximate surface area is 143 Å². The molecule has 2 aliphatic rings. The Morgan fingerprint density at radius 1 is 1.21 bits per heavy atom. The highest BCUT2D eigenvalue weighted by Crippen LogP contribution is 2.50. The molecule has 1 heterocycles. The number of Topliss-reactive ketones (excluding diaryl/α,β-unsaturated/α-hetero) is 1. The highest BCUT2D eigenvalue weighted by molar-refractivity contribution is 5.89. The van der Waals surface area contributed by atoms with Gasteiger partial charge in [-0.2, -0.15) is 0 Å². The van der Waals surface area contributed by atoms with E-state index in [2.05, 4.69) is 13.0 Å². The summed E-state index contributed by atoms with van der Waals surface area (Å²) < 4.78 is 5.46. The van der Waals surface area contributed by atoms with E-state index in [0.717, 1.165) is 12.0 Å². The summed E-state index contributed by atoms with van der Waals surface area (Å²) in [5.74, 6) is 0.298. The van der Waals surface area contributed by atoms with Crippen LogP contribution >= 0.6 is 0 Å². The number of carbonyl (C=O) groups is 2. The van der Waals surface area contributed by atoms with Gasteiger partial charge in [-0.25, -0.2) is 4.79 Å². The smallest absolute Gasteiger partial charge is 0.410 e. The average Bonchev–Trinajstić information content (AvgIpc) is 2.57. The number of rotatable bonds is 2. The molecule has 3 rings (SSSR count). The zero-order chi connectivity index (χ0) is 17.4. The predicted octanol–water partition coefficient (Wildman–Crippen LogP) is 3.96. The van der Waals surface area contributed by atoms with Gasteiger partial charge in [0.2, 0.25) is 0 Å². The summed E-state index contributed by atoms with van der Waals surface area (Å²) in [4.78, 5) is 26.4. The first-order valence-corrected chi connectivity index (χ1v) is 8.53. The standard InChI is InChI=1S/C20H25NO3/c1-19(2)16-10-12-21(14-20(16,3)11-9-17(19)22)18(23)24-13-15-7-5-4-6-8-15/h4-8,10H,9,11-14H2,1-3H3/t20-/m1/s1. The summed E-state index contributed by atoms with van der Waals surface area (Å²) in [6, 6.07) is 9.69. The molecule has 0 N–H and O–H groups in total. The van der Waals surface area contributed by atoms with E-state index in [0.29, 0.717) is 25.3 Å². The summed E-state index contributed by atoms with van der Waals surface area (Å²) in [5, 5.41) is 0. The van der Waals surface area contributed by atoms with E-state index >= 15 is 0 Å². The van der Waals surface area contributed by atoms with Crippen LogP contribution in [0.15, 0.2) is 42.0 Å². The fraction of sp³-hybridized carbons (Fsp3) is 0.500. The van der Waals surface area contributed by atoms with E-state index in [1.54, 1.807) is 4.90 Å². The van der Waals surface area contributed by atoms with Crippen molar-refractivity contribution in [1.82, 2.24) is 4.90 Å². The summed E-state index contributed by atoms with van der Waals surface area (Å²) >= 11 is 0. The van der Waals surface area contributed by atoms with E-state index in [-0.39, 0.29) is 18.1 Å². The van der Waals surface area contributed by atoms with Crippen molar-refractivity contribution in [1.29, 1.82) is 0 Å². The highest BCUT2D eigenvalue weighted by atomic mass is 16.6. The summed E-state index contributed by atoms with van der Waals surface area (Å²) in [7, 11) is 0. The van der Waals surface area contributed by atoms with E-state index in [9.17, 15) is 9.59 Å². The number of nitrogens with zero attached hydrogens (tertiary/aromatic N) is 1. The number of carbonyl (C=O) groups excluding carboxylic acids is 2. The van der Waals surface area contributed by atoms with Gasteiger partial charge < -0.3 is 9.64 Å². The van der Waals surface area contributed by atoms with Crippen molar-refractivity contribution in [3.8, 4) is 0 Å². The second kappa shape index (κ2) is 6.08. The minimum atomic E-state index is -0.424. The van der Waals surface area contributed by atoms with Crippen LogP contribution in [-0.2, 0) is 16.1 Å². The lowest BCUT2D eigenvalue weighted by Crippen LogP contribution is -2.51. The van der Waals surface area contributed by atoms with Gasteiger partial charge in [-0.05, 0) is 25.8 Å². The normalized spacial score (nSPS) is 25.7. The second-order valence-corrected chi connectivity index (χ2v) is 7.65. The molecule has 128 valence electrons. The van der Waals surface area contributed by atoms with E-state index in [1.165, 1.54) is 5.57 Å². The maximum Gasteiger partial charge on any atom is 0.410 e. The molecular formula is C20H25NO3. The largest absolute Gasteiger partial charge is 0.445 e. The molecule has 1 aromatic carbocycles. The fourth-order valence-electron chi connectivity index (χ4n) is 4.04. The van der Waals surface area contributed by atoms with Gasteiger partial charge in [-0.1, -0.05) is 48.9 Å². The van der Waals surface area contributed by atoms with Crippen LogP contribution < -0.4 is 0 Å². The van der Waals surface area contributed by atoms with Crippen LogP contribution in [0.25, 0.3) is 0 Å². The molecule has 1 atom stereocenters. The topological polar surface area (TPSA) is 46.6 Å². The molecule has 0 bridgehead atoms. The summed E-state index contributed by atoms with van der Waals surface area (Å²) in [6.45, 7) is 7.57. The molecule has 1 aliphatic carbocycles. The Hall–Kier alpha value is -2.10. The van der Waals surface area contributed by atoms with Gasteiger partial charge in [-0.15, -0.1) is 0 Å². The Bertz CT molecular complexity index is 677. The summed E-state index contributed by atoms with van der Waals surface area (Å²) in [6.07, 6.45) is 3.15. The maximum absolute atomic E-state index is 12.4. The zero-order valence-corrected chi connectivity index (χ0v) is 14.7. The lowest BCUT2D eigenvalue weighted by atomic mass is 9.58. The van der Waals surface area contributed by atoms with Crippen LogP contribution in [0.5, 0.6) is 0 Å². The predicted molar refractivity (Wildman–Crippen MR) is 92.4 cm³/mol. The molecular weight excluding hydrogens is 302 g/mol. The average molecular weight is 327 g/mol. The third kappa shape index (κ3) is 2.97. The Morgan fingerprint density at radius 3 is 2.62 bits per heavy atom. The molecule has 1 aromatic rings. The molecule has 0 saturated heterocycles. The minimum absolute atomic E-state index is 0.137. The van der Waals surface area contributed by atoms with Gasteiger partial charge in [0, 0.05) is 30.3 Å². The van der Waals surface area contributed by atoms with Gasteiger partial charge in [-0.3, -0.25) is 4.79 Å². The molecule has 1 amide bonds. The van der Waals surface area contributed by atoms with Crippen LogP contribution in [-0.4, -0.2) is 29.9 Å². The Balaban J connectivity index is 1.70. The molecule has 0 aromatic heterocycles. The van der Waals surface area contributed by atoms with Gasteiger partial charge in [0.25, 0.3) is 0 Å². The van der Waals surface area contributed by atoms with Crippen molar-refractivity contribution < 1.29 is 14.3 Å². The van der Waals surface area contributed by atoms with Crippen molar-refractivity contribution in [3.63, 3.8) is 0 Å². The third-order valence-corrected chi connectivity index (χ3v) is 5.44. The Kier molecular flexibility index (Phi) is 4.24. The first-order chi connectivity index (χ1) is 11.3. The number of hydrogen-bond donors (Lipinski definition) is 0. The van der Waals surface area contributed by atoms with Crippen molar-refractivity contribution in [2.45, 2.75) is 40.2 Å². The number of fused-ring (bicyclic) bond motifs is 1. The third-order valence-electron chi connectivity index (χ3n) is 5.44. The molecule has 0 radical (unpaired) electrons. The number of amides is 1. The van der Waals surface area contributed by atoms with E-state index < -0.39 is 5.41 Å². The van der Waals surface area contributed by atoms with Crippen LogP contribution in [0, 0.1) is 10.8 Å². The molecule has 0 unspecified atom stereocenters. The molecule has 4 nitrogen and oxygen atoms in total. The van der Waals surface area contributed by atoms with Crippen molar-refractivity contribution in [2.24, 2.45) is 10.8 Å². The molecule has 4 heteroatoms. The van der Waals surface area contributed by atoms with E-state index in [1.807, 2.05) is 44.2 Å². The first-order valence-electron chi connectivity index (χ1n) is 8.53. The maximum atomic E-state index is 12.4. The number of ketones is 1. The minimum Gasteiger partial charge on any atom is -0.445 e. The monoisotopic (exact) mass is 327 g/mol. The Morgan fingerprint density at radius 2 is 1.92 bits per heavy atom. The molecule has 0 spiro atoms. The van der Waals surface area contributed by atoms with Crippen molar-refractivity contribution in [3.05, 3.63) is 47.5 Å². The number of hydrogen-bond acceptors (Lipinski definition) is 3. The molecule has 24 heavy (non-hydrogen) atoms. The van der Waals surface area contributed by atoms with Crippen LogP contribution in [0.2, 0.25) is 0 Å². The van der Waals surface area contributed by atoms with E-state index in [4.69, 9.17) is 4.74 Å². The zero-order valence-electron chi connectivity index (χ0n) is 14.7. The highest BCUT2D eigenvalue weighted by Gasteiger charge is 2.49. The SMILES string of the molecule is CC1(C)C(=O)CC[C@]2(C)CN(C(=O)OCc3ccccc3)CC=C12. The van der Waals surface area contributed by atoms with Gasteiger partial charge in [0.15, 0.2) is 0 Å². The van der Waals surface area contributed by atoms with Crippen molar-refractivity contribution in [2.75, 3.05) is 13.1 Å². The van der Waals surface area contributed by atoms with Crippen LogP contribution in [0.3, 0.4) is 0 Å².